The Morgan fingerprint density at radius 3 is 1.29 bits per heavy atom. The van der Waals surface area contributed by atoms with Crippen molar-refractivity contribution in [2.45, 2.75) is 0 Å². The summed E-state index contributed by atoms with van der Waals surface area (Å²) in [4.78, 5) is 0. The smallest absolute Gasteiger partial charge is 0.126 e. The van der Waals surface area contributed by atoms with Gasteiger partial charge in [0.15, 0.2) is 0 Å². The van der Waals surface area contributed by atoms with Crippen LogP contribution in [-0.2, 0) is 19.5 Å². The number of rotatable bonds is 2. The van der Waals surface area contributed by atoms with Gasteiger partial charge in [0.25, 0.3) is 0 Å². The van der Waals surface area contributed by atoms with Gasteiger partial charge in [-0.1, -0.05) is 36.4 Å². The average Bonchev–Trinajstić information content (AvgIpc) is 2.21. The number of hydrogen-bond donors (Lipinski definition) is 0. The molecule has 0 bridgehead atoms. The van der Waals surface area contributed by atoms with E-state index >= 15 is 0 Å². The van der Waals surface area contributed by atoms with Gasteiger partial charge in [-0.05, 0) is 0 Å². The maximum atomic E-state index is 2.17. The first-order valence-electron chi connectivity index (χ1n) is 4.40. The summed E-state index contributed by atoms with van der Waals surface area (Å²) in [6.07, 6.45) is 2.17. The topological polar surface area (TPSA) is 0 Å². The van der Waals surface area contributed by atoms with E-state index in [0.717, 1.165) is 0 Å². The Kier molecular flexibility index (Phi) is 4.42. The standard InChI is InChI=1S/C13H11.Ru/c1-3-7-12(8-4-1)11-13-9-5-2-6-10-13;/h1-11H;/q-1;+1. The monoisotopic (exact) mass is 269 g/mol. The fourth-order valence-corrected chi connectivity index (χ4v) is 1.29. The number of hydrogen-bond acceptors (Lipinski definition) is 0. The first-order chi connectivity index (χ1) is 6.45. The van der Waals surface area contributed by atoms with Crippen molar-refractivity contribution >= 4 is 0 Å². The van der Waals surface area contributed by atoms with E-state index < -0.39 is 0 Å². The predicted molar refractivity (Wildman–Crippen MR) is 55.4 cm³/mol. The third-order valence-corrected chi connectivity index (χ3v) is 1.93. The van der Waals surface area contributed by atoms with Crippen molar-refractivity contribution in [2.75, 3.05) is 0 Å². The number of benzene rings is 2. The van der Waals surface area contributed by atoms with Gasteiger partial charge in [0.2, 0.25) is 0 Å². The zero-order chi connectivity index (χ0) is 8.93. The van der Waals surface area contributed by atoms with Gasteiger partial charge in [-0.2, -0.15) is 0 Å². The van der Waals surface area contributed by atoms with Gasteiger partial charge in [0.1, 0.15) is 0 Å². The molecule has 1 heteroatoms. The van der Waals surface area contributed by atoms with Crippen molar-refractivity contribution in [3.63, 3.8) is 0 Å². The Balaban J connectivity index is 0.000000980. The maximum absolute atomic E-state index is 2.17. The van der Waals surface area contributed by atoms with Gasteiger partial charge in [-0.25, -0.2) is 0 Å². The minimum absolute atomic E-state index is 0. The van der Waals surface area contributed by atoms with Gasteiger partial charge in [-0.3, -0.25) is 0 Å². The SMILES string of the molecule is [Ru+].c1ccc([CH-]c2ccccc2)cc1. The summed E-state index contributed by atoms with van der Waals surface area (Å²) in [5, 5.41) is 0. The third-order valence-electron chi connectivity index (χ3n) is 1.93. The van der Waals surface area contributed by atoms with E-state index in [-0.39, 0.29) is 19.5 Å². The molecule has 0 unspecified atom stereocenters. The van der Waals surface area contributed by atoms with E-state index in [2.05, 4.69) is 55.0 Å². The first-order valence-corrected chi connectivity index (χ1v) is 4.40. The van der Waals surface area contributed by atoms with Crippen LogP contribution in [0.15, 0.2) is 60.7 Å². The van der Waals surface area contributed by atoms with Crippen LogP contribution >= 0.6 is 0 Å². The second-order valence-corrected chi connectivity index (χ2v) is 2.97. The van der Waals surface area contributed by atoms with Crippen molar-refractivity contribution in [3.05, 3.63) is 78.2 Å². The van der Waals surface area contributed by atoms with Crippen molar-refractivity contribution in [3.8, 4) is 0 Å². The normalized spacial score (nSPS) is 8.86. The molecule has 0 aliphatic rings. The zero-order valence-electron chi connectivity index (χ0n) is 7.70. The second-order valence-electron chi connectivity index (χ2n) is 2.97. The Bertz CT molecular complexity index is 316. The van der Waals surface area contributed by atoms with Crippen molar-refractivity contribution in [2.24, 2.45) is 0 Å². The van der Waals surface area contributed by atoms with Gasteiger partial charge < -0.3 is 0 Å². The summed E-state index contributed by atoms with van der Waals surface area (Å²) in [7, 11) is 0. The molecule has 0 spiro atoms. The minimum atomic E-state index is 0. The molecule has 14 heavy (non-hydrogen) atoms. The van der Waals surface area contributed by atoms with E-state index in [1.54, 1.807) is 0 Å². The summed E-state index contributed by atoms with van der Waals surface area (Å²) in [6, 6.07) is 20.7. The molecule has 0 saturated carbocycles. The van der Waals surface area contributed by atoms with E-state index in [0.29, 0.717) is 0 Å². The molecule has 71 valence electrons. The summed E-state index contributed by atoms with van der Waals surface area (Å²) >= 11 is 0. The van der Waals surface area contributed by atoms with E-state index in [9.17, 15) is 0 Å². The van der Waals surface area contributed by atoms with Gasteiger partial charge in [0.05, 0.1) is 0 Å². The van der Waals surface area contributed by atoms with E-state index in [1.807, 2.05) is 12.1 Å². The zero-order valence-corrected chi connectivity index (χ0v) is 9.44. The van der Waals surface area contributed by atoms with Gasteiger partial charge >= 0.3 is 19.5 Å². The Labute approximate surface area is 97.7 Å². The molecule has 0 atom stereocenters. The quantitative estimate of drug-likeness (QED) is 0.579. The molecule has 0 aliphatic heterocycles. The first kappa shape index (κ1) is 11.0. The summed E-state index contributed by atoms with van der Waals surface area (Å²) in [5.74, 6) is 0. The van der Waals surface area contributed by atoms with Crippen LogP contribution < -0.4 is 0 Å². The van der Waals surface area contributed by atoms with Crippen LogP contribution in [0.25, 0.3) is 0 Å². The molecule has 0 aliphatic carbocycles. The minimum Gasteiger partial charge on any atom is -0.126 e. The average molecular weight is 268 g/mol. The van der Waals surface area contributed by atoms with Crippen LogP contribution in [0, 0.1) is 6.42 Å². The predicted octanol–water partition coefficient (Wildman–Crippen LogP) is 3.28. The van der Waals surface area contributed by atoms with Crippen molar-refractivity contribution in [1.29, 1.82) is 0 Å². The van der Waals surface area contributed by atoms with E-state index in [4.69, 9.17) is 0 Å². The molecular formula is C13H11Ru. The fourth-order valence-electron chi connectivity index (χ4n) is 1.29. The molecule has 0 nitrogen and oxygen atoms in total. The summed E-state index contributed by atoms with van der Waals surface area (Å²) < 4.78 is 0. The molecule has 0 N–H and O–H groups in total. The van der Waals surface area contributed by atoms with Gasteiger partial charge in [0, 0.05) is 0 Å². The Morgan fingerprint density at radius 1 is 0.571 bits per heavy atom. The molecule has 2 aromatic rings. The molecule has 0 heterocycles. The molecule has 2 rings (SSSR count). The molecule has 0 aromatic heterocycles. The molecular weight excluding hydrogens is 257 g/mol. The fraction of sp³-hybridized carbons (Fsp3) is 0. The second kappa shape index (κ2) is 5.62. The van der Waals surface area contributed by atoms with Crippen LogP contribution in [0.5, 0.6) is 0 Å². The molecule has 0 amide bonds. The summed E-state index contributed by atoms with van der Waals surface area (Å²) in [5.41, 5.74) is 2.49. The van der Waals surface area contributed by atoms with Crippen molar-refractivity contribution < 1.29 is 19.5 Å². The third kappa shape index (κ3) is 3.01. The molecule has 2 aromatic carbocycles. The van der Waals surface area contributed by atoms with Crippen LogP contribution in [0.2, 0.25) is 0 Å². The van der Waals surface area contributed by atoms with E-state index in [1.165, 1.54) is 11.1 Å². The van der Waals surface area contributed by atoms with Crippen molar-refractivity contribution in [1.82, 2.24) is 0 Å². The van der Waals surface area contributed by atoms with Gasteiger partial charge in [-0.15, -0.1) is 41.8 Å². The molecule has 0 saturated heterocycles. The van der Waals surface area contributed by atoms with Crippen LogP contribution in [0.4, 0.5) is 0 Å². The Morgan fingerprint density at radius 2 is 0.929 bits per heavy atom. The van der Waals surface area contributed by atoms with Crippen LogP contribution in [0.3, 0.4) is 0 Å². The largest absolute Gasteiger partial charge is 1.00 e. The molecule has 1 radical (unpaired) electrons. The van der Waals surface area contributed by atoms with Crippen LogP contribution in [0.1, 0.15) is 11.1 Å². The maximum Gasteiger partial charge on any atom is 1.00 e. The summed E-state index contributed by atoms with van der Waals surface area (Å²) in [6.45, 7) is 0. The molecule has 0 fully saturated rings. The Hall–Kier alpha value is -1.07. The van der Waals surface area contributed by atoms with Crippen LogP contribution in [-0.4, -0.2) is 0 Å².